The van der Waals surface area contributed by atoms with Crippen LogP contribution in [0, 0.1) is 0 Å². The summed E-state index contributed by atoms with van der Waals surface area (Å²) in [5.41, 5.74) is 2.13. The van der Waals surface area contributed by atoms with E-state index in [2.05, 4.69) is 30.6 Å². The number of carbonyl (C=O) groups is 1. The number of fused-ring (bicyclic) bond motifs is 1. The summed E-state index contributed by atoms with van der Waals surface area (Å²) in [5, 5.41) is 20.8. The molecule has 13 nitrogen and oxygen atoms in total. The van der Waals surface area contributed by atoms with Gasteiger partial charge in [-0.15, -0.1) is 16.9 Å². The van der Waals surface area contributed by atoms with Gasteiger partial charge in [-0.2, -0.15) is 19.0 Å². The summed E-state index contributed by atoms with van der Waals surface area (Å²) in [6.07, 6.45) is 18.1. The minimum absolute atomic E-state index is 0.0780. The van der Waals surface area contributed by atoms with Gasteiger partial charge in [0.25, 0.3) is 5.91 Å². The second kappa shape index (κ2) is 13.9. The predicted octanol–water partition coefficient (Wildman–Crippen LogP) is 4.49. The first-order valence-corrected chi connectivity index (χ1v) is 17.0. The van der Waals surface area contributed by atoms with E-state index in [1.165, 1.54) is 22.5 Å². The van der Waals surface area contributed by atoms with Crippen LogP contribution in [0.25, 0.3) is 5.65 Å². The molecule has 0 saturated carbocycles. The van der Waals surface area contributed by atoms with Crippen LogP contribution in [-0.2, 0) is 16.0 Å². The lowest BCUT2D eigenvalue weighted by Crippen LogP contribution is -2.44. The SMILES string of the molecule is CSC1=CC=C(OC(F)F)C(c2nn(Cc3cn(C4CCN(C5CCOCC5)CC4)nn3)cc2NC(=O)c2cnn3cccnc23)C1. The molecule has 1 amide bonds. The van der Waals surface area contributed by atoms with Crippen LogP contribution in [0.15, 0.2) is 59.9 Å². The number of rotatable bonds is 10. The third kappa shape index (κ3) is 6.94. The van der Waals surface area contributed by atoms with Gasteiger partial charge in [0, 0.05) is 50.9 Å². The van der Waals surface area contributed by atoms with E-state index in [1.54, 1.807) is 41.5 Å². The molecule has 2 fully saturated rings. The van der Waals surface area contributed by atoms with Gasteiger partial charge in [0.2, 0.25) is 0 Å². The highest BCUT2D eigenvalue weighted by atomic mass is 32.2. The normalized spacial score (nSPS) is 20.0. The van der Waals surface area contributed by atoms with E-state index in [1.807, 2.05) is 17.1 Å². The molecule has 1 atom stereocenters. The Kier molecular flexibility index (Phi) is 9.31. The highest BCUT2D eigenvalue weighted by Crippen LogP contribution is 2.41. The Labute approximate surface area is 274 Å². The van der Waals surface area contributed by atoms with Crippen LogP contribution in [0.1, 0.15) is 65.8 Å². The van der Waals surface area contributed by atoms with Crippen molar-refractivity contribution in [2.45, 2.75) is 63.3 Å². The first-order chi connectivity index (χ1) is 22.9. The Morgan fingerprint density at radius 3 is 2.77 bits per heavy atom. The van der Waals surface area contributed by atoms with Gasteiger partial charge in [-0.25, -0.2) is 14.2 Å². The van der Waals surface area contributed by atoms with Gasteiger partial charge in [0.05, 0.1) is 42.3 Å². The predicted molar refractivity (Wildman–Crippen MR) is 170 cm³/mol. The van der Waals surface area contributed by atoms with Gasteiger partial charge in [-0.3, -0.25) is 9.48 Å². The number of aromatic nitrogens is 8. The van der Waals surface area contributed by atoms with Crippen LogP contribution in [-0.4, -0.2) is 95.4 Å². The van der Waals surface area contributed by atoms with E-state index in [4.69, 9.17) is 14.6 Å². The van der Waals surface area contributed by atoms with Crippen molar-refractivity contribution < 1.29 is 23.0 Å². The van der Waals surface area contributed by atoms with Crippen LogP contribution >= 0.6 is 11.8 Å². The summed E-state index contributed by atoms with van der Waals surface area (Å²) < 4.78 is 42.5. The number of thioether (sulfide) groups is 1. The Bertz CT molecular complexity index is 1770. The monoisotopic (exact) mass is 666 g/mol. The molecule has 0 bridgehead atoms. The molecule has 47 heavy (non-hydrogen) atoms. The largest absolute Gasteiger partial charge is 0.439 e. The van der Waals surface area contributed by atoms with E-state index in [9.17, 15) is 13.6 Å². The first kappa shape index (κ1) is 31.4. The number of likely N-dealkylation sites (tertiary alicyclic amines) is 1. The van der Waals surface area contributed by atoms with Gasteiger partial charge >= 0.3 is 6.61 Å². The number of nitrogens with one attached hydrogen (secondary N) is 1. The Morgan fingerprint density at radius 2 is 1.98 bits per heavy atom. The molecule has 0 radical (unpaired) electrons. The highest BCUT2D eigenvalue weighted by molar-refractivity contribution is 8.02. The Balaban J connectivity index is 1.12. The number of hydrogen-bond acceptors (Lipinski definition) is 10. The number of amides is 1. The first-order valence-electron chi connectivity index (χ1n) is 15.7. The minimum atomic E-state index is -3.00. The maximum atomic E-state index is 13.5. The molecule has 6 heterocycles. The zero-order valence-electron chi connectivity index (χ0n) is 25.9. The number of halogens is 2. The van der Waals surface area contributed by atoms with Crippen molar-refractivity contribution in [3.8, 4) is 0 Å². The van der Waals surface area contributed by atoms with Crippen molar-refractivity contribution in [1.82, 2.24) is 44.3 Å². The number of nitrogens with zero attached hydrogens (tertiary/aromatic N) is 9. The number of hydrogen-bond donors (Lipinski definition) is 1. The van der Waals surface area contributed by atoms with Crippen molar-refractivity contribution in [3.63, 3.8) is 0 Å². The number of allylic oxidation sites excluding steroid dienone is 4. The van der Waals surface area contributed by atoms with E-state index >= 15 is 0 Å². The number of anilines is 1. The summed E-state index contributed by atoms with van der Waals surface area (Å²) in [5.74, 6) is -1.02. The fourth-order valence-corrected chi connectivity index (χ4v) is 7.15. The lowest BCUT2D eigenvalue weighted by atomic mass is 9.94. The molecule has 7 rings (SSSR count). The zero-order chi connectivity index (χ0) is 32.3. The molecule has 0 aromatic carbocycles. The number of piperidine rings is 1. The van der Waals surface area contributed by atoms with Gasteiger partial charge in [0.1, 0.15) is 17.0 Å². The summed E-state index contributed by atoms with van der Waals surface area (Å²) in [7, 11) is 0. The summed E-state index contributed by atoms with van der Waals surface area (Å²) >= 11 is 1.52. The van der Waals surface area contributed by atoms with Crippen LogP contribution in [0.3, 0.4) is 0 Å². The van der Waals surface area contributed by atoms with Gasteiger partial charge < -0.3 is 19.7 Å². The van der Waals surface area contributed by atoms with Crippen molar-refractivity contribution in [2.24, 2.45) is 0 Å². The average molecular weight is 667 g/mol. The van der Waals surface area contributed by atoms with E-state index in [0.29, 0.717) is 35.2 Å². The van der Waals surface area contributed by atoms with E-state index < -0.39 is 18.4 Å². The lowest BCUT2D eigenvalue weighted by Gasteiger charge is -2.39. The minimum Gasteiger partial charge on any atom is -0.439 e. The zero-order valence-corrected chi connectivity index (χ0v) is 26.7. The second-order valence-electron chi connectivity index (χ2n) is 11.9. The Hall–Kier alpha value is -4.15. The number of carbonyl (C=O) groups excluding carboxylic acids is 1. The molecule has 2 aliphatic heterocycles. The van der Waals surface area contributed by atoms with Crippen LogP contribution < -0.4 is 5.32 Å². The third-order valence-electron chi connectivity index (χ3n) is 9.02. The van der Waals surface area contributed by atoms with Gasteiger partial charge in [0.15, 0.2) is 5.65 Å². The number of ether oxygens (including phenoxy) is 2. The standard InChI is InChI=1S/C31H36F2N10O3S/c1-47-23-3-4-27(46-31(32)33)24(15-23)28-26(36-30(44)25-16-35-42-10-2-9-34-29(25)42)19-41(38-28)17-20-18-43(39-37-20)22-5-11-40(12-6-22)21-7-13-45-14-8-21/h2-4,9-10,16,18-19,21-22,24,31H,5-8,11-15,17H2,1H3,(H,36,44). The second-order valence-corrected chi connectivity index (χ2v) is 12.8. The molecule has 4 aromatic heterocycles. The van der Waals surface area contributed by atoms with Crippen molar-refractivity contribution >= 4 is 29.0 Å². The van der Waals surface area contributed by atoms with Crippen LogP contribution in [0.5, 0.6) is 0 Å². The molecule has 1 N–H and O–H groups in total. The fourth-order valence-electron chi connectivity index (χ4n) is 6.61. The van der Waals surface area contributed by atoms with Crippen molar-refractivity contribution in [2.75, 3.05) is 37.9 Å². The smallest absolute Gasteiger partial charge is 0.387 e. The summed E-state index contributed by atoms with van der Waals surface area (Å²) in [6, 6.07) is 2.57. The molecule has 3 aliphatic rings. The average Bonchev–Trinajstić information content (AvgIpc) is 3.84. The quantitative estimate of drug-likeness (QED) is 0.259. The lowest BCUT2D eigenvalue weighted by molar-refractivity contribution is -0.101. The van der Waals surface area contributed by atoms with Crippen molar-refractivity contribution in [3.05, 3.63) is 76.8 Å². The number of alkyl halides is 2. The molecule has 4 aromatic rings. The highest BCUT2D eigenvalue weighted by Gasteiger charge is 2.32. The van der Waals surface area contributed by atoms with Gasteiger partial charge in [-0.1, -0.05) is 5.21 Å². The Morgan fingerprint density at radius 1 is 1.15 bits per heavy atom. The molecular formula is C31H36F2N10O3S. The van der Waals surface area contributed by atoms with Gasteiger partial charge in [-0.05, 0) is 61.5 Å². The molecule has 1 unspecified atom stereocenters. The van der Waals surface area contributed by atoms with E-state index in [-0.39, 0.29) is 23.9 Å². The van der Waals surface area contributed by atoms with Crippen molar-refractivity contribution in [1.29, 1.82) is 0 Å². The molecule has 16 heteroatoms. The molecular weight excluding hydrogens is 630 g/mol. The molecule has 0 spiro atoms. The molecule has 248 valence electrons. The maximum absolute atomic E-state index is 13.5. The topological polar surface area (TPSA) is 130 Å². The molecule has 1 aliphatic carbocycles. The van der Waals surface area contributed by atoms with E-state index in [0.717, 1.165) is 56.9 Å². The summed E-state index contributed by atoms with van der Waals surface area (Å²) in [4.78, 5) is 21.3. The summed E-state index contributed by atoms with van der Waals surface area (Å²) in [6.45, 7) is 0.974. The third-order valence-corrected chi connectivity index (χ3v) is 9.85. The maximum Gasteiger partial charge on any atom is 0.387 e. The molecule has 2 saturated heterocycles. The fraction of sp³-hybridized carbons (Fsp3) is 0.484. The van der Waals surface area contributed by atoms with Crippen LogP contribution in [0.2, 0.25) is 0 Å². The van der Waals surface area contributed by atoms with Crippen LogP contribution in [0.4, 0.5) is 14.5 Å².